The van der Waals surface area contributed by atoms with Crippen molar-refractivity contribution in [3.8, 4) is 11.6 Å². The van der Waals surface area contributed by atoms with Crippen molar-refractivity contribution in [2.75, 3.05) is 5.73 Å². The lowest BCUT2D eigenvalue weighted by molar-refractivity contribution is 0.418. The molecule has 2 aromatic heterocycles. The molecular weight excluding hydrogens is 224 g/mol. The molecule has 2 aromatic rings. The van der Waals surface area contributed by atoms with Crippen molar-refractivity contribution in [3.63, 3.8) is 0 Å². The molecule has 0 radical (unpaired) electrons. The van der Waals surface area contributed by atoms with Crippen LogP contribution in [0.3, 0.4) is 0 Å². The summed E-state index contributed by atoms with van der Waals surface area (Å²) in [4.78, 5) is 8.37. The first-order valence-corrected chi connectivity index (χ1v) is 6.07. The average Bonchev–Trinajstić information content (AvgIpc) is 2.83. The molecule has 0 aromatic carbocycles. The number of thiazole rings is 1. The summed E-state index contributed by atoms with van der Waals surface area (Å²) >= 11 is 1.37. The second kappa shape index (κ2) is 4.61. The minimum Gasteiger partial charge on any atom is -0.375 e. The van der Waals surface area contributed by atoms with Crippen molar-refractivity contribution in [3.05, 3.63) is 11.2 Å². The van der Waals surface area contributed by atoms with Gasteiger partial charge < -0.3 is 10.3 Å². The predicted molar refractivity (Wildman–Crippen MR) is 63.0 cm³/mol. The van der Waals surface area contributed by atoms with Crippen LogP contribution in [0, 0.1) is 5.92 Å². The highest BCUT2D eigenvalue weighted by molar-refractivity contribution is 7.13. The molecule has 0 saturated carbocycles. The Kier molecular flexibility index (Phi) is 3.19. The maximum absolute atomic E-state index is 5.54. The molecule has 0 amide bonds. The Morgan fingerprint density at radius 1 is 1.44 bits per heavy atom. The minimum atomic E-state index is 0.451. The molecule has 6 heteroatoms. The molecule has 86 valence electrons. The second-order valence-electron chi connectivity index (χ2n) is 4.02. The molecule has 0 atom stereocenters. The highest BCUT2D eigenvalue weighted by Gasteiger charge is 2.11. The molecule has 0 saturated heterocycles. The molecule has 0 fully saturated rings. The van der Waals surface area contributed by atoms with E-state index in [0.29, 0.717) is 22.6 Å². The average molecular weight is 238 g/mol. The molecule has 0 aliphatic heterocycles. The highest BCUT2D eigenvalue weighted by Crippen LogP contribution is 2.21. The number of aryl methyl sites for hydroxylation is 1. The number of nitrogen functional groups attached to an aromatic ring is 1. The topological polar surface area (TPSA) is 77.8 Å². The Morgan fingerprint density at radius 3 is 2.88 bits per heavy atom. The number of nitrogens with two attached hydrogens (primary N) is 1. The number of rotatable bonds is 4. The van der Waals surface area contributed by atoms with E-state index in [1.54, 1.807) is 0 Å². The van der Waals surface area contributed by atoms with Crippen molar-refractivity contribution < 1.29 is 4.52 Å². The van der Waals surface area contributed by atoms with Gasteiger partial charge in [0.05, 0.1) is 0 Å². The van der Waals surface area contributed by atoms with Crippen molar-refractivity contribution in [1.29, 1.82) is 0 Å². The van der Waals surface area contributed by atoms with E-state index in [1.165, 1.54) is 11.3 Å². The lowest BCUT2D eigenvalue weighted by Crippen LogP contribution is -1.93. The van der Waals surface area contributed by atoms with Crippen LogP contribution < -0.4 is 5.73 Å². The lowest BCUT2D eigenvalue weighted by atomic mass is 10.1. The summed E-state index contributed by atoms with van der Waals surface area (Å²) < 4.78 is 5.12. The Morgan fingerprint density at radius 2 is 2.25 bits per heavy atom. The van der Waals surface area contributed by atoms with E-state index in [-0.39, 0.29) is 0 Å². The van der Waals surface area contributed by atoms with Crippen LogP contribution in [0.5, 0.6) is 0 Å². The number of hydrogen-bond acceptors (Lipinski definition) is 6. The van der Waals surface area contributed by atoms with Crippen LogP contribution >= 0.6 is 11.3 Å². The zero-order valence-electron chi connectivity index (χ0n) is 9.30. The molecule has 2 heterocycles. The summed E-state index contributed by atoms with van der Waals surface area (Å²) in [5.74, 6) is 1.82. The van der Waals surface area contributed by atoms with Crippen LogP contribution in [-0.2, 0) is 6.42 Å². The van der Waals surface area contributed by atoms with Gasteiger partial charge in [-0.1, -0.05) is 19.0 Å². The van der Waals surface area contributed by atoms with Crippen LogP contribution in [0.25, 0.3) is 11.6 Å². The van der Waals surface area contributed by atoms with Gasteiger partial charge >= 0.3 is 0 Å². The van der Waals surface area contributed by atoms with Crippen LogP contribution in [0.2, 0.25) is 0 Å². The van der Waals surface area contributed by atoms with Crippen molar-refractivity contribution >= 4 is 16.5 Å². The highest BCUT2D eigenvalue weighted by atomic mass is 32.1. The minimum absolute atomic E-state index is 0.451. The molecule has 2 N–H and O–H groups in total. The molecule has 2 rings (SSSR count). The first-order chi connectivity index (χ1) is 7.65. The van der Waals surface area contributed by atoms with Crippen LogP contribution in [0.1, 0.15) is 26.1 Å². The summed E-state index contributed by atoms with van der Waals surface area (Å²) in [5, 5.41) is 6.24. The van der Waals surface area contributed by atoms with Crippen molar-refractivity contribution in [2.24, 2.45) is 5.92 Å². The van der Waals surface area contributed by atoms with Crippen LogP contribution in [0.4, 0.5) is 5.13 Å². The van der Waals surface area contributed by atoms with E-state index in [9.17, 15) is 0 Å². The second-order valence-corrected chi connectivity index (χ2v) is 4.91. The SMILES string of the molecule is CC(C)CCc1noc(-c2csc(N)n2)n1. The van der Waals surface area contributed by atoms with Gasteiger partial charge in [-0.05, 0) is 12.3 Å². The Labute approximate surface area is 97.7 Å². The van der Waals surface area contributed by atoms with Crippen LogP contribution in [-0.4, -0.2) is 15.1 Å². The fourth-order valence-electron chi connectivity index (χ4n) is 1.26. The van der Waals surface area contributed by atoms with Gasteiger partial charge in [0.25, 0.3) is 5.89 Å². The van der Waals surface area contributed by atoms with E-state index in [0.717, 1.165) is 18.7 Å². The quantitative estimate of drug-likeness (QED) is 0.884. The molecule has 16 heavy (non-hydrogen) atoms. The van der Waals surface area contributed by atoms with Gasteiger partial charge in [-0.3, -0.25) is 0 Å². The van der Waals surface area contributed by atoms with Gasteiger partial charge in [-0.25, -0.2) is 4.98 Å². The number of nitrogens with zero attached hydrogens (tertiary/aromatic N) is 3. The smallest absolute Gasteiger partial charge is 0.277 e. The zero-order valence-corrected chi connectivity index (χ0v) is 10.1. The number of hydrogen-bond donors (Lipinski definition) is 1. The van der Waals surface area contributed by atoms with Gasteiger partial charge in [0.1, 0.15) is 5.69 Å². The molecule has 0 spiro atoms. The summed E-state index contributed by atoms with van der Waals surface area (Å²) in [6.45, 7) is 4.34. The Bertz CT molecular complexity index is 463. The zero-order chi connectivity index (χ0) is 11.5. The monoisotopic (exact) mass is 238 g/mol. The Hall–Kier alpha value is -1.43. The summed E-state index contributed by atoms with van der Waals surface area (Å²) in [6, 6.07) is 0. The maximum atomic E-state index is 5.54. The molecule has 0 aliphatic rings. The standard InChI is InChI=1S/C10H14N4OS/c1-6(2)3-4-8-13-9(15-14-8)7-5-16-10(11)12-7/h5-6H,3-4H2,1-2H3,(H2,11,12). The summed E-state index contributed by atoms with van der Waals surface area (Å²) in [6.07, 6.45) is 1.89. The van der Waals surface area contributed by atoms with Gasteiger partial charge in [-0.2, -0.15) is 4.98 Å². The van der Waals surface area contributed by atoms with Gasteiger partial charge in [-0.15, -0.1) is 11.3 Å². The third-order valence-electron chi connectivity index (χ3n) is 2.15. The maximum Gasteiger partial charge on any atom is 0.277 e. The fraction of sp³-hybridized carbons (Fsp3) is 0.500. The molecule has 5 nitrogen and oxygen atoms in total. The van der Waals surface area contributed by atoms with Gasteiger partial charge in [0, 0.05) is 11.8 Å². The van der Waals surface area contributed by atoms with Gasteiger partial charge in [0.2, 0.25) is 0 Å². The van der Waals surface area contributed by atoms with E-state index in [1.807, 2.05) is 5.38 Å². The number of anilines is 1. The third-order valence-corrected chi connectivity index (χ3v) is 2.83. The first-order valence-electron chi connectivity index (χ1n) is 5.19. The third kappa shape index (κ3) is 2.57. The van der Waals surface area contributed by atoms with Crippen molar-refractivity contribution in [1.82, 2.24) is 15.1 Å². The van der Waals surface area contributed by atoms with Crippen molar-refractivity contribution in [2.45, 2.75) is 26.7 Å². The normalized spacial score (nSPS) is 11.2. The van der Waals surface area contributed by atoms with Gasteiger partial charge in [0.15, 0.2) is 11.0 Å². The van der Waals surface area contributed by atoms with E-state index in [2.05, 4.69) is 29.0 Å². The molecule has 0 bridgehead atoms. The summed E-state index contributed by atoms with van der Waals surface area (Å²) in [5.41, 5.74) is 6.20. The predicted octanol–water partition coefficient (Wildman–Crippen LogP) is 2.36. The molecule has 0 aliphatic carbocycles. The van der Waals surface area contributed by atoms with E-state index in [4.69, 9.17) is 10.3 Å². The molecule has 0 unspecified atom stereocenters. The molecular formula is C10H14N4OS. The number of aromatic nitrogens is 3. The first kappa shape index (κ1) is 11.1. The largest absolute Gasteiger partial charge is 0.375 e. The Balaban J connectivity index is 2.07. The van der Waals surface area contributed by atoms with E-state index >= 15 is 0 Å². The lowest BCUT2D eigenvalue weighted by Gasteiger charge is -1.98. The summed E-state index contributed by atoms with van der Waals surface area (Å²) in [7, 11) is 0. The fourth-order valence-corrected chi connectivity index (χ4v) is 1.80. The van der Waals surface area contributed by atoms with Crippen LogP contribution in [0.15, 0.2) is 9.90 Å². The van der Waals surface area contributed by atoms with E-state index < -0.39 is 0 Å².